The van der Waals surface area contributed by atoms with Gasteiger partial charge in [0, 0.05) is 13.1 Å². The van der Waals surface area contributed by atoms with E-state index in [0.717, 1.165) is 0 Å². The van der Waals surface area contributed by atoms with Crippen LogP contribution in [0.4, 0.5) is 0 Å². The van der Waals surface area contributed by atoms with Gasteiger partial charge in [-0.15, -0.1) is 0 Å². The third-order valence-corrected chi connectivity index (χ3v) is 3.77. The summed E-state index contributed by atoms with van der Waals surface area (Å²) in [4.78, 5) is 12.5. The Morgan fingerprint density at radius 1 is 1.41 bits per heavy atom. The van der Waals surface area contributed by atoms with E-state index in [1.807, 2.05) is 18.9 Å². The van der Waals surface area contributed by atoms with Gasteiger partial charge >= 0.3 is 0 Å². The summed E-state index contributed by atoms with van der Waals surface area (Å²) in [7, 11) is 0. The maximum Gasteiger partial charge on any atom is 0.247 e. The van der Waals surface area contributed by atoms with Crippen molar-refractivity contribution in [3.05, 3.63) is 0 Å². The molecule has 0 aliphatic carbocycles. The Bertz CT molecular complexity index is 286. The first-order valence-electron chi connectivity index (χ1n) is 6.00. The number of amides is 1. The maximum atomic E-state index is 12.3. The number of morpholine rings is 1. The van der Waals surface area contributed by atoms with Crippen LogP contribution in [-0.2, 0) is 9.53 Å². The number of thiocarbonyl (C=S) groups is 1. The van der Waals surface area contributed by atoms with Gasteiger partial charge in [0.1, 0.15) is 0 Å². The third-order valence-electron chi connectivity index (χ3n) is 3.38. The lowest BCUT2D eigenvalue weighted by Gasteiger charge is -2.34. The first kappa shape index (κ1) is 14.3. The van der Waals surface area contributed by atoms with Crippen LogP contribution in [0.1, 0.15) is 26.7 Å². The van der Waals surface area contributed by atoms with Crippen LogP contribution in [0.3, 0.4) is 0 Å². The molecule has 1 aliphatic rings. The number of rotatable bonds is 5. The van der Waals surface area contributed by atoms with Gasteiger partial charge < -0.3 is 10.5 Å². The number of hydrogen-bond donors (Lipinski definition) is 2. The van der Waals surface area contributed by atoms with E-state index in [4.69, 9.17) is 22.7 Å². The third kappa shape index (κ3) is 3.14. The molecule has 1 rings (SSSR count). The van der Waals surface area contributed by atoms with E-state index in [1.54, 1.807) is 0 Å². The zero-order valence-corrected chi connectivity index (χ0v) is 11.3. The summed E-state index contributed by atoms with van der Waals surface area (Å²) in [6.07, 6.45) is 1.24. The van der Waals surface area contributed by atoms with E-state index in [9.17, 15) is 4.79 Å². The van der Waals surface area contributed by atoms with Gasteiger partial charge in [-0.1, -0.05) is 26.1 Å². The minimum atomic E-state index is -0.729. The van der Waals surface area contributed by atoms with Crippen molar-refractivity contribution in [3.8, 4) is 0 Å². The summed E-state index contributed by atoms with van der Waals surface area (Å²) in [6, 6.07) is 0. The molecule has 1 fully saturated rings. The Kier molecular flexibility index (Phi) is 5.30. The molecule has 3 N–H and O–H groups in total. The molecule has 98 valence electrons. The predicted octanol–water partition coefficient (Wildman–Crippen LogP) is 0.442. The van der Waals surface area contributed by atoms with Crippen molar-refractivity contribution < 1.29 is 9.53 Å². The lowest BCUT2D eigenvalue weighted by molar-refractivity contribution is -0.135. The summed E-state index contributed by atoms with van der Waals surface area (Å²) >= 11 is 5.05. The van der Waals surface area contributed by atoms with E-state index >= 15 is 0 Å². The first-order valence-corrected chi connectivity index (χ1v) is 6.41. The second kappa shape index (κ2) is 6.28. The lowest BCUT2D eigenvalue weighted by Crippen LogP contribution is -2.56. The molecule has 17 heavy (non-hydrogen) atoms. The molecule has 0 bridgehead atoms. The Labute approximate surface area is 108 Å². The van der Waals surface area contributed by atoms with Gasteiger partial charge in [0.05, 0.1) is 23.6 Å². The van der Waals surface area contributed by atoms with Crippen molar-refractivity contribution in [2.24, 2.45) is 11.1 Å². The molecule has 1 amide bonds. The van der Waals surface area contributed by atoms with Crippen LogP contribution in [-0.4, -0.2) is 42.2 Å². The van der Waals surface area contributed by atoms with Crippen molar-refractivity contribution in [2.45, 2.75) is 26.7 Å². The van der Waals surface area contributed by atoms with Crippen molar-refractivity contribution in [1.29, 1.82) is 0 Å². The van der Waals surface area contributed by atoms with Crippen molar-refractivity contribution in [2.75, 3.05) is 26.3 Å². The molecule has 0 saturated carbocycles. The SMILES string of the molecule is CCC(CC)(C(=O)NN1CCOCC1)C(N)=S. The summed E-state index contributed by atoms with van der Waals surface area (Å²) in [5.74, 6) is -0.100. The molecule has 5 nitrogen and oxygen atoms in total. The average molecular weight is 259 g/mol. The molecule has 0 radical (unpaired) electrons. The standard InChI is InChI=1S/C11H21N3O2S/c1-3-11(4-2,9(12)17)10(15)13-14-5-7-16-8-6-14/h3-8H2,1-2H3,(H2,12,17)(H,13,15). The predicted molar refractivity (Wildman–Crippen MR) is 70.3 cm³/mol. The van der Waals surface area contributed by atoms with Gasteiger partial charge in [0.15, 0.2) is 0 Å². The topological polar surface area (TPSA) is 67.6 Å². The van der Waals surface area contributed by atoms with Crippen molar-refractivity contribution >= 4 is 23.1 Å². The Balaban J connectivity index is 2.67. The minimum Gasteiger partial charge on any atom is -0.392 e. The number of carbonyl (C=O) groups is 1. The average Bonchev–Trinajstić information content (AvgIpc) is 2.32. The second-order valence-electron chi connectivity index (χ2n) is 4.19. The number of nitrogens with zero attached hydrogens (tertiary/aromatic N) is 1. The summed E-state index contributed by atoms with van der Waals surface area (Å²) in [6.45, 7) is 6.54. The van der Waals surface area contributed by atoms with Crippen LogP contribution in [0.15, 0.2) is 0 Å². The number of nitrogens with one attached hydrogen (secondary N) is 1. The zero-order chi connectivity index (χ0) is 12.9. The first-order chi connectivity index (χ1) is 8.06. The number of hydrogen-bond acceptors (Lipinski definition) is 4. The normalized spacial score (nSPS) is 17.8. The molecule has 0 unspecified atom stereocenters. The van der Waals surface area contributed by atoms with Gasteiger partial charge in [-0.05, 0) is 12.8 Å². The molecule has 1 heterocycles. The van der Waals surface area contributed by atoms with Gasteiger partial charge in [0.2, 0.25) is 5.91 Å². The van der Waals surface area contributed by atoms with Crippen LogP contribution >= 0.6 is 12.2 Å². The number of carbonyl (C=O) groups excluding carboxylic acids is 1. The number of nitrogens with two attached hydrogens (primary N) is 1. The zero-order valence-electron chi connectivity index (χ0n) is 10.5. The molecular formula is C11H21N3O2S. The molecule has 6 heteroatoms. The van der Waals surface area contributed by atoms with E-state index in [1.165, 1.54) is 0 Å². The smallest absolute Gasteiger partial charge is 0.247 e. The van der Waals surface area contributed by atoms with Gasteiger partial charge in [0.25, 0.3) is 0 Å². The molecule has 0 spiro atoms. The maximum absolute atomic E-state index is 12.3. The largest absolute Gasteiger partial charge is 0.392 e. The Hall–Kier alpha value is -0.720. The quantitative estimate of drug-likeness (QED) is 0.701. The van der Waals surface area contributed by atoms with Gasteiger partial charge in [-0.25, -0.2) is 5.01 Å². The van der Waals surface area contributed by atoms with Crippen molar-refractivity contribution in [3.63, 3.8) is 0 Å². The lowest BCUT2D eigenvalue weighted by atomic mass is 9.81. The van der Waals surface area contributed by atoms with E-state index < -0.39 is 5.41 Å². The fourth-order valence-electron chi connectivity index (χ4n) is 1.96. The van der Waals surface area contributed by atoms with Gasteiger partial charge in [-0.3, -0.25) is 10.2 Å². The molecule has 1 saturated heterocycles. The van der Waals surface area contributed by atoms with E-state index in [0.29, 0.717) is 39.1 Å². The minimum absolute atomic E-state index is 0.100. The van der Waals surface area contributed by atoms with Crippen LogP contribution in [0.25, 0.3) is 0 Å². The molecule has 0 aromatic rings. The summed E-state index contributed by atoms with van der Waals surface area (Å²) in [5.41, 5.74) is 7.89. The number of ether oxygens (including phenoxy) is 1. The molecule has 1 aliphatic heterocycles. The molecule has 0 aromatic heterocycles. The second-order valence-corrected chi connectivity index (χ2v) is 4.63. The molecule has 0 aromatic carbocycles. The van der Waals surface area contributed by atoms with Gasteiger partial charge in [-0.2, -0.15) is 0 Å². The van der Waals surface area contributed by atoms with Crippen LogP contribution in [0, 0.1) is 5.41 Å². The highest BCUT2D eigenvalue weighted by Gasteiger charge is 2.38. The highest BCUT2D eigenvalue weighted by molar-refractivity contribution is 7.80. The summed E-state index contributed by atoms with van der Waals surface area (Å²) < 4.78 is 5.22. The Morgan fingerprint density at radius 3 is 2.35 bits per heavy atom. The monoisotopic (exact) mass is 259 g/mol. The van der Waals surface area contributed by atoms with Crippen LogP contribution in [0.2, 0.25) is 0 Å². The highest BCUT2D eigenvalue weighted by Crippen LogP contribution is 2.27. The van der Waals surface area contributed by atoms with Crippen LogP contribution in [0.5, 0.6) is 0 Å². The fourth-order valence-corrected chi connectivity index (χ4v) is 2.34. The molecule has 0 atom stereocenters. The summed E-state index contributed by atoms with van der Waals surface area (Å²) in [5, 5.41) is 1.87. The fraction of sp³-hybridized carbons (Fsp3) is 0.818. The van der Waals surface area contributed by atoms with Crippen LogP contribution < -0.4 is 11.2 Å². The Morgan fingerprint density at radius 2 is 1.94 bits per heavy atom. The van der Waals surface area contributed by atoms with Crippen molar-refractivity contribution in [1.82, 2.24) is 10.4 Å². The molecular weight excluding hydrogens is 238 g/mol. The highest BCUT2D eigenvalue weighted by atomic mass is 32.1. The number of hydrazine groups is 1. The van der Waals surface area contributed by atoms with E-state index in [2.05, 4.69) is 5.43 Å². The van der Waals surface area contributed by atoms with E-state index in [-0.39, 0.29) is 10.9 Å².